The lowest BCUT2D eigenvalue weighted by Gasteiger charge is -2.02. The molecule has 98 valence electrons. The number of nitrogens with two attached hydrogens (primary N) is 1. The highest BCUT2D eigenvalue weighted by molar-refractivity contribution is 7.97. The molecule has 1 aromatic carbocycles. The smallest absolute Gasteiger partial charge is 0.0772 e. The molecular weight excluding hydrogens is 294 g/mol. The molecule has 2 aromatic rings. The van der Waals surface area contributed by atoms with E-state index in [0.717, 1.165) is 21.4 Å². The van der Waals surface area contributed by atoms with E-state index >= 15 is 0 Å². The summed E-state index contributed by atoms with van der Waals surface area (Å²) in [5, 5.41) is 0.843. The molecule has 2 rings (SSSR count). The minimum atomic E-state index is 0.411. The Bertz CT molecular complexity index is 595. The van der Waals surface area contributed by atoms with Gasteiger partial charge in [-0.15, -0.1) is 11.3 Å². The van der Waals surface area contributed by atoms with Gasteiger partial charge in [-0.2, -0.15) is 11.8 Å². The maximum atomic E-state index is 6.13. The zero-order valence-corrected chi connectivity index (χ0v) is 12.7. The highest BCUT2D eigenvalue weighted by atomic mass is 35.5. The first-order chi connectivity index (χ1) is 9.29. The molecule has 0 amide bonds. The molecule has 0 aliphatic heterocycles. The van der Waals surface area contributed by atoms with Gasteiger partial charge in [-0.3, -0.25) is 0 Å². The van der Waals surface area contributed by atoms with Gasteiger partial charge in [0.15, 0.2) is 0 Å². The third-order valence-electron chi connectivity index (χ3n) is 2.44. The molecule has 0 spiro atoms. The minimum Gasteiger partial charge on any atom is -0.320 e. The van der Waals surface area contributed by atoms with Crippen LogP contribution in [0.15, 0.2) is 36.4 Å². The van der Waals surface area contributed by atoms with Crippen LogP contribution in [0.2, 0.25) is 5.02 Å². The number of hydrogen-bond donors (Lipinski definition) is 1. The average molecular weight is 308 g/mol. The SMILES string of the molecule is NCC#Cc1ccc(CSCc2ccccc2Cl)s1. The zero-order chi connectivity index (χ0) is 13.5. The van der Waals surface area contributed by atoms with Crippen LogP contribution in [-0.4, -0.2) is 6.54 Å². The molecular formula is C15H14ClNS2. The Balaban J connectivity index is 1.86. The van der Waals surface area contributed by atoms with Crippen molar-refractivity contribution in [1.29, 1.82) is 0 Å². The molecule has 1 nitrogen and oxygen atoms in total. The molecule has 0 saturated heterocycles. The second-order valence-corrected chi connectivity index (χ2v) is 6.42. The summed E-state index contributed by atoms with van der Waals surface area (Å²) in [5.74, 6) is 7.84. The maximum Gasteiger partial charge on any atom is 0.0772 e. The van der Waals surface area contributed by atoms with Gasteiger partial charge in [0.05, 0.1) is 11.4 Å². The maximum absolute atomic E-state index is 6.13. The van der Waals surface area contributed by atoms with E-state index in [0.29, 0.717) is 6.54 Å². The number of benzene rings is 1. The lowest BCUT2D eigenvalue weighted by Crippen LogP contribution is -1.92. The molecule has 0 aliphatic rings. The van der Waals surface area contributed by atoms with Gasteiger partial charge in [0.25, 0.3) is 0 Å². The first-order valence-corrected chi connectivity index (χ1v) is 8.23. The Morgan fingerprint density at radius 2 is 2.00 bits per heavy atom. The third-order valence-corrected chi connectivity index (χ3v) is 5.02. The van der Waals surface area contributed by atoms with E-state index in [1.807, 2.05) is 30.0 Å². The summed E-state index contributed by atoms with van der Waals surface area (Å²) >= 11 is 9.72. The van der Waals surface area contributed by atoms with Gasteiger partial charge in [0, 0.05) is 21.4 Å². The van der Waals surface area contributed by atoms with Crippen LogP contribution in [0.25, 0.3) is 0 Å². The fourth-order valence-electron chi connectivity index (χ4n) is 1.54. The quantitative estimate of drug-likeness (QED) is 0.859. The number of thiophene rings is 1. The van der Waals surface area contributed by atoms with Gasteiger partial charge in [-0.25, -0.2) is 0 Å². The largest absolute Gasteiger partial charge is 0.320 e. The Morgan fingerprint density at radius 1 is 1.16 bits per heavy atom. The molecule has 4 heteroatoms. The fraction of sp³-hybridized carbons (Fsp3) is 0.200. The van der Waals surface area contributed by atoms with Crippen molar-refractivity contribution < 1.29 is 0 Å². The molecule has 0 unspecified atom stereocenters. The van der Waals surface area contributed by atoms with E-state index in [1.54, 1.807) is 11.3 Å². The van der Waals surface area contributed by atoms with Crippen molar-refractivity contribution in [3.63, 3.8) is 0 Å². The highest BCUT2D eigenvalue weighted by Crippen LogP contribution is 2.26. The van der Waals surface area contributed by atoms with E-state index in [1.165, 1.54) is 10.4 Å². The van der Waals surface area contributed by atoms with Crippen molar-refractivity contribution in [3.8, 4) is 11.8 Å². The first kappa shape index (κ1) is 14.5. The zero-order valence-electron chi connectivity index (χ0n) is 10.4. The number of halogens is 1. The lowest BCUT2D eigenvalue weighted by molar-refractivity contribution is 1.30. The molecule has 1 heterocycles. The Labute approximate surface area is 127 Å². The molecule has 0 aliphatic carbocycles. The molecule has 0 radical (unpaired) electrons. The number of thioether (sulfide) groups is 1. The summed E-state index contributed by atoms with van der Waals surface area (Å²) in [6, 6.07) is 12.2. The summed E-state index contributed by atoms with van der Waals surface area (Å²) < 4.78 is 0. The van der Waals surface area contributed by atoms with E-state index < -0.39 is 0 Å². The minimum absolute atomic E-state index is 0.411. The monoisotopic (exact) mass is 307 g/mol. The van der Waals surface area contributed by atoms with Gasteiger partial charge in [-0.05, 0) is 23.8 Å². The second-order valence-electron chi connectivity index (χ2n) is 3.86. The predicted molar refractivity (Wildman–Crippen MR) is 86.7 cm³/mol. The summed E-state index contributed by atoms with van der Waals surface area (Å²) in [6.45, 7) is 0.411. The van der Waals surface area contributed by atoms with Crippen LogP contribution in [0, 0.1) is 11.8 Å². The average Bonchev–Trinajstić information content (AvgIpc) is 2.86. The molecule has 1 aromatic heterocycles. The third kappa shape index (κ3) is 4.59. The predicted octanol–water partition coefficient (Wildman–Crippen LogP) is 4.15. The van der Waals surface area contributed by atoms with E-state index in [2.05, 4.69) is 30.0 Å². The lowest BCUT2D eigenvalue weighted by atomic mass is 10.2. The van der Waals surface area contributed by atoms with Crippen LogP contribution in [-0.2, 0) is 11.5 Å². The van der Waals surface area contributed by atoms with Crippen LogP contribution in [0.1, 0.15) is 15.3 Å². The highest BCUT2D eigenvalue weighted by Gasteiger charge is 2.01. The van der Waals surface area contributed by atoms with E-state index in [9.17, 15) is 0 Å². The standard InChI is InChI=1S/C15H14ClNS2/c16-15-6-2-1-4-12(15)10-18-11-14-8-7-13(19-14)5-3-9-17/h1-2,4,6-8H,9-11,17H2. The second kappa shape index (κ2) is 7.62. The van der Waals surface area contributed by atoms with E-state index in [-0.39, 0.29) is 0 Å². The molecule has 2 N–H and O–H groups in total. The summed E-state index contributed by atoms with van der Waals surface area (Å²) in [7, 11) is 0. The van der Waals surface area contributed by atoms with Gasteiger partial charge in [0.2, 0.25) is 0 Å². The van der Waals surface area contributed by atoms with Gasteiger partial charge in [0.1, 0.15) is 0 Å². The van der Waals surface area contributed by atoms with E-state index in [4.69, 9.17) is 17.3 Å². The van der Waals surface area contributed by atoms with Crippen LogP contribution in [0.5, 0.6) is 0 Å². The van der Waals surface area contributed by atoms with Crippen molar-refractivity contribution in [2.75, 3.05) is 6.54 Å². The van der Waals surface area contributed by atoms with Crippen molar-refractivity contribution in [1.82, 2.24) is 0 Å². The van der Waals surface area contributed by atoms with Gasteiger partial charge >= 0.3 is 0 Å². The molecule has 0 fully saturated rings. The molecule has 0 atom stereocenters. The molecule has 0 bridgehead atoms. The number of hydrogen-bond acceptors (Lipinski definition) is 3. The van der Waals surface area contributed by atoms with Crippen molar-refractivity contribution in [2.24, 2.45) is 5.73 Å². The summed E-state index contributed by atoms with van der Waals surface area (Å²) in [6.07, 6.45) is 0. The molecule has 0 saturated carbocycles. The Hall–Kier alpha value is -0.920. The van der Waals surface area contributed by atoms with Gasteiger partial charge in [-0.1, -0.05) is 41.6 Å². The summed E-state index contributed by atoms with van der Waals surface area (Å²) in [5.41, 5.74) is 6.55. The van der Waals surface area contributed by atoms with Gasteiger partial charge < -0.3 is 5.73 Å². The first-order valence-electron chi connectivity index (χ1n) is 5.88. The van der Waals surface area contributed by atoms with Crippen LogP contribution < -0.4 is 5.73 Å². The Morgan fingerprint density at radius 3 is 2.79 bits per heavy atom. The van der Waals surface area contributed by atoms with Crippen molar-refractivity contribution in [2.45, 2.75) is 11.5 Å². The van der Waals surface area contributed by atoms with Crippen LogP contribution in [0.3, 0.4) is 0 Å². The summed E-state index contributed by atoms with van der Waals surface area (Å²) in [4.78, 5) is 2.41. The topological polar surface area (TPSA) is 26.0 Å². The van der Waals surface area contributed by atoms with Crippen molar-refractivity contribution in [3.05, 3.63) is 56.7 Å². The Kier molecular flexibility index (Phi) is 5.81. The molecule has 19 heavy (non-hydrogen) atoms. The van der Waals surface area contributed by atoms with Crippen LogP contribution >= 0.6 is 34.7 Å². The van der Waals surface area contributed by atoms with Crippen LogP contribution in [0.4, 0.5) is 0 Å². The van der Waals surface area contributed by atoms with Crippen molar-refractivity contribution >= 4 is 34.7 Å². The normalized spacial score (nSPS) is 10.0. The fourth-order valence-corrected chi connectivity index (χ4v) is 3.85. The number of rotatable bonds is 4.